The van der Waals surface area contributed by atoms with Crippen LogP contribution in [0, 0.1) is 0 Å². The van der Waals surface area contributed by atoms with Crippen LogP contribution >= 0.6 is 0 Å². The van der Waals surface area contributed by atoms with Crippen LogP contribution in [0.5, 0.6) is 0 Å². The number of nitrogens with one attached hydrogen (secondary N) is 1. The summed E-state index contributed by atoms with van der Waals surface area (Å²) in [5, 5.41) is 23.9. The summed E-state index contributed by atoms with van der Waals surface area (Å²) in [6.07, 6.45) is 0. The first kappa shape index (κ1) is 6.42. The molecule has 0 fully saturated rings. The van der Waals surface area contributed by atoms with Gasteiger partial charge in [0, 0.05) is 0 Å². The van der Waals surface area contributed by atoms with E-state index in [9.17, 15) is 0 Å². The Morgan fingerprint density at radius 3 is 1.71 bits per heavy atom. The van der Waals surface area contributed by atoms with Gasteiger partial charge >= 0.3 is 0 Å². The molecule has 0 aliphatic rings. The molecule has 0 aromatic carbocycles. The summed E-state index contributed by atoms with van der Waals surface area (Å²) in [5.41, 5.74) is 6.15. The molecule has 0 aliphatic carbocycles. The molecule has 41 valence electrons. The molecule has 1 radical (unpaired) electrons. The fraction of sp³-hybridized carbons (Fsp3) is 0.333. The van der Waals surface area contributed by atoms with Gasteiger partial charge in [-0.25, -0.2) is 0 Å². The van der Waals surface area contributed by atoms with E-state index in [1.807, 2.05) is 0 Å². The first-order valence-corrected chi connectivity index (χ1v) is 1.52. The van der Waals surface area contributed by atoms with Crippen molar-refractivity contribution in [2.75, 3.05) is 0 Å². The van der Waals surface area contributed by atoms with Gasteiger partial charge in [0.15, 0.2) is 5.76 Å². The zero-order valence-electron chi connectivity index (χ0n) is 3.55. The summed E-state index contributed by atoms with van der Waals surface area (Å²) in [4.78, 5) is 0. The standard InChI is InChI=1S/C3H6NO3/c1-2(5)3(4,6)7/h4-7H,1H2. The Bertz CT molecular complexity index is 82.7. The van der Waals surface area contributed by atoms with Crippen LogP contribution < -0.4 is 5.73 Å². The van der Waals surface area contributed by atoms with Gasteiger partial charge < -0.3 is 15.3 Å². The molecule has 4 nitrogen and oxygen atoms in total. The third kappa shape index (κ3) is 2.16. The Kier molecular flexibility index (Phi) is 1.37. The molecule has 0 aromatic heterocycles. The summed E-state index contributed by atoms with van der Waals surface area (Å²) in [6.45, 7) is 2.69. The van der Waals surface area contributed by atoms with Crippen molar-refractivity contribution in [1.29, 1.82) is 0 Å². The van der Waals surface area contributed by atoms with E-state index in [1.165, 1.54) is 0 Å². The smallest absolute Gasteiger partial charge is 0.296 e. The van der Waals surface area contributed by atoms with Gasteiger partial charge in [0.2, 0.25) is 0 Å². The van der Waals surface area contributed by atoms with Crippen LogP contribution in [0.25, 0.3) is 0 Å². The summed E-state index contributed by atoms with van der Waals surface area (Å²) in [5.74, 6) is -3.87. The molecule has 0 amide bonds. The van der Waals surface area contributed by atoms with Gasteiger partial charge in [0.05, 0.1) is 0 Å². The maximum absolute atomic E-state index is 8.01. The Morgan fingerprint density at radius 2 is 1.71 bits per heavy atom. The molecule has 0 unspecified atom stereocenters. The highest BCUT2D eigenvalue weighted by molar-refractivity contribution is 4.89. The molecule has 0 aromatic rings. The van der Waals surface area contributed by atoms with E-state index >= 15 is 0 Å². The van der Waals surface area contributed by atoms with Crippen molar-refractivity contribution in [2.45, 2.75) is 5.91 Å². The lowest BCUT2D eigenvalue weighted by molar-refractivity contribution is -0.152. The maximum atomic E-state index is 8.01. The van der Waals surface area contributed by atoms with Crippen LogP contribution in [0.3, 0.4) is 0 Å². The summed E-state index contributed by atoms with van der Waals surface area (Å²) < 4.78 is 0. The second kappa shape index (κ2) is 1.49. The van der Waals surface area contributed by atoms with Crippen molar-refractivity contribution in [3.05, 3.63) is 12.3 Å². The minimum Gasteiger partial charge on any atom is -0.506 e. The van der Waals surface area contributed by atoms with E-state index in [4.69, 9.17) is 21.1 Å². The molecule has 0 spiro atoms. The number of hydrogen-bond donors (Lipinski definition) is 3. The Hall–Kier alpha value is -0.580. The molecule has 4 N–H and O–H groups in total. The van der Waals surface area contributed by atoms with Crippen LogP contribution in [0.15, 0.2) is 12.3 Å². The third-order valence-corrected chi connectivity index (χ3v) is 0.402. The zero-order valence-corrected chi connectivity index (χ0v) is 3.55. The van der Waals surface area contributed by atoms with E-state index in [0.717, 1.165) is 0 Å². The van der Waals surface area contributed by atoms with Crippen LogP contribution in [0.1, 0.15) is 0 Å². The third-order valence-electron chi connectivity index (χ3n) is 0.402. The van der Waals surface area contributed by atoms with Gasteiger partial charge in [-0.3, -0.25) is 0 Å². The minimum absolute atomic E-state index is 0.979. The molecule has 0 saturated carbocycles. The van der Waals surface area contributed by atoms with E-state index in [2.05, 4.69) is 6.58 Å². The fourth-order valence-corrected chi connectivity index (χ4v) is 0. The average molecular weight is 104 g/mol. The second-order valence-corrected chi connectivity index (χ2v) is 1.12. The lowest BCUT2D eigenvalue weighted by Crippen LogP contribution is -2.31. The fourth-order valence-electron chi connectivity index (χ4n) is 0. The van der Waals surface area contributed by atoms with Crippen molar-refractivity contribution in [2.24, 2.45) is 0 Å². The van der Waals surface area contributed by atoms with Crippen molar-refractivity contribution in [1.82, 2.24) is 5.73 Å². The van der Waals surface area contributed by atoms with Gasteiger partial charge in [-0.05, 0) is 0 Å². The second-order valence-electron chi connectivity index (χ2n) is 1.12. The molecule has 0 saturated heterocycles. The predicted octanol–water partition coefficient (Wildman–Crippen LogP) is -1.02. The molecular weight excluding hydrogens is 98.0 g/mol. The van der Waals surface area contributed by atoms with Crippen molar-refractivity contribution < 1.29 is 15.3 Å². The van der Waals surface area contributed by atoms with Gasteiger partial charge in [-0.2, -0.15) is 5.73 Å². The van der Waals surface area contributed by atoms with Crippen LogP contribution in [-0.4, -0.2) is 21.2 Å². The molecule has 4 heteroatoms. The van der Waals surface area contributed by atoms with Crippen molar-refractivity contribution in [3.63, 3.8) is 0 Å². The molecule has 0 aliphatic heterocycles. The SMILES string of the molecule is C=C(O)C([NH])(O)O. The first-order valence-electron chi connectivity index (χ1n) is 1.52. The highest BCUT2D eigenvalue weighted by Crippen LogP contribution is 1.98. The highest BCUT2D eigenvalue weighted by atomic mass is 16.5. The molecular formula is C3H6NO3. The minimum atomic E-state index is -2.89. The summed E-state index contributed by atoms with van der Waals surface area (Å²) >= 11 is 0. The Morgan fingerprint density at radius 1 is 1.57 bits per heavy atom. The monoisotopic (exact) mass is 104 g/mol. The average Bonchev–Trinajstić information content (AvgIpc) is 1.31. The van der Waals surface area contributed by atoms with Gasteiger partial charge in [-0.1, -0.05) is 6.58 Å². The normalized spacial score (nSPS) is 11.3. The van der Waals surface area contributed by atoms with Gasteiger partial charge in [0.25, 0.3) is 5.91 Å². The van der Waals surface area contributed by atoms with Crippen molar-refractivity contribution in [3.8, 4) is 0 Å². The number of aliphatic hydroxyl groups is 3. The lowest BCUT2D eigenvalue weighted by Gasteiger charge is -2.09. The maximum Gasteiger partial charge on any atom is 0.296 e. The summed E-state index contributed by atoms with van der Waals surface area (Å²) in [7, 11) is 0. The number of hydrogen-bond acceptors (Lipinski definition) is 3. The largest absolute Gasteiger partial charge is 0.506 e. The van der Waals surface area contributed by atoms with E-state index < -0.39 is 11.7 Å². The lowest BCUT2D eigenvalue weighted by atomic mass is 10.4. The van der Waals surface area contributed by atoms with Crippen LogP contribution in [0.2, 0.25) is 0 Å². The predicted molar refractivity (Wildman–Crippen MR) is 22.0 cm³/mol. The van der Waals surface area contributed by atoms with Gasteiger partial charge in [-0.15, -0.1) is 0 Å². The van der Waals surface area contributed by atoms with Gasteiger partial charge in [0.1, 0.15) is 0 Å². The summed E-state index contributed by atoms with van der Waals surface area (Å²) in [6, 6.07) is 0. The molecule has 0 heterocycles. The Balaban J connectivity index is 3.79. The topological polar surface area (TPSA) is 84.5 Å². The molecule has 0 atom stereocenters. The van der Waals surface area contributed by atoms with E-state index in [1.54, 1.807) is 0 Å². The molecule has 0 rings (SSSR count). The van der Waals surface area contributed by atoms with Crippen LogP contribution in [-0.2, 0) is 0 Å². The Labute approximate surface area is 40.5 Å². The van der Waals surface area contributed by atoms with Crippen LogP contribution in [0.4, 0.5) is 0 Å². The molecule has 0 bridgehead atoms. The van der Waals surface area contributed by atoms with E-state index in [0.29, 0.717) is 0 Å². The number of aliphatic hydroxyl groups excluding tert-OH is 1. The highest BCUT2D eigenvalue weighted by Gasteiger charge is 2.20. The zero-order chi connectivity index (χ0) is 6.08. The van der Waals surface area contributed by atoms with Crippen molar-refractivity contribution >= 4 is 0 Å². The first-order chi connectivity index (χ1) is 2.94. The molecule has 7 heavy (non-hydrogen) atoms. The number of rotatable bonds is 1. The van der Waals surface area contributed by atoms with E-state index in [-0.39, 0.29) is 0 Å². The quantitative estimate of drug-likeness (QED) is 0.294.